The third kappa shape index (κ3) is 3.30. The van der Waals surface area contributed by atoms with Gasteiger partial charge >= 0.3 is 0 Å². The van der Waals surface area contributed by atoms with E-state index in [9.17, 15) is 0 Å². The zero-order chi connectivity index (χ0) is 14.5. The summed E-state index contributed by atoms with van der Waals surface area (Å²) in [5.41, 5.74) is 2.76. The lowest BCUT2D eigenvalue weighted by Gasteiger charge is -2.13. The number of ether oxygens (including phenoxy) is 2. The number of nitrogens with zero attached hydrogens (tertiary/aromatic N) is 2. The number of aliphatic hydroxyl groups excluding tert-OH is 1. The number of benzene rings is 1. The van der Waals surface area contributed by atoms with Crippen LogP contribution in [-0.4, -0.2) is 21.5 Å². The third-order valence-electron chi connectivity index (χ3n) is 2.96. The van der Waals surface area contributed by atoms with Gasteiger partial charge in [-0.3, -0.25) is 4.68 Å². The van der Waals surface area contributed by atoms with Crippen LogP contribution < -0.4 is 9.47 Å². The molecule has 0 saturated heterocycles. The average molecular weight is 276 g/mol. The molecule has 108 valence electrons. The van der Waals surface area contributed by atoms with Crippen molar-refractivity contribution in [3.05, 3.63) is 41.2 Å². The fourth-order valence-corrected chi connectivity index (χ4v) is 1.99. The van der Waals surface area contributed by atoms with E-state index in [4.69, 9.17) is 14.6 Å². The molecular weight excluding hydrogens is 256 g/mol. The van der Waals surface area contributed by atoms with E-state index in [-0.39, 0.29) is 6.61 Å². The first kappa shape index (κ1) is 14.4. The summed E-state index contributed by atoms with van der Waals surface area (Å²) in [7, 11) is 1.89. The van der Waals surface area contributed by atoms with Crippen LogP contribution >= 0.6 is 0 Å². The fraction of sp³-hybridized carbons (Fsp3) is 0.400. The van der Waals surface area contributed by atoms with Crippen molar-refractivity contribution in [1.29, 1.82) is 0 Å². The summed E-state index contributed by atoms with van der Waals surface area (Å²) in [4.78, 5) is 0. The molecule has 2 aromatic rings. The molecular formula is C15H20N2O3. The highest BCUT2D eigenvalue weighted by molar-refractivity contribution is 5.43. The molecule has 5 nitrogen and oxygen atoms in total. The number of rotatable bonds is 6. The van der Waals surface area contributed by atoms with Gasteiger partial charge in [-0.15, -0.1) is 0 Å². The number of hydrogen-bond acceptors (Lipinski definition) is 4. The monoisotopic (exact) mass is 276 g/mol. The van der Waals surface area contributed by atoms with E-state index in [0.717, 1.165) is 17.0 Å². The van der Waals surface area contributed by atoms with E-state index in [1.807, 2.05) is 39.1 Å². The quantitative estimate of drug-likeness (QED) is 0.878. The van der Waals surface area contributed by atoms with Gasteiger partial charge in [0.2, 0.25) is 0 Å². The van der Waals surface area contributed by atoms with Gasteiger partial charge in [0.25, 0.3) is 0 Å². The van der Waals surface area contributed by atoms with Crippen molar-refractivity contribution in [3.8, 4) is 11.5 Å². The second kappa shape index (κ2) is 6.43. The van der Waals surface area contributed by atoms with Crippen LogP contribution in [0.2, 0.25) is 0 Å². The highest BCUT2D eigenvalue weighted by Gasteiger charge is 2.08. The summed E-state index contributed by atoms with van der Waals surface area (Å²) in [5.74, 6) is 1.32. The molecule has 0 unspecified atom stereocenters. The number of hydrogen-bond donors (Lipinski definition) is 1. The maximum absolute atomic E-state index is 9.16. The van der Waals surface area contributed by atoms with Crippen molar-refractivity contribution in [2.45, 2.75) is 27.1 Å². The Hall–Kier alpha value is -2.01. The minimum absolute atomic E-state index is 0.0126. The molecule has 0 fully saturated rings. The van der Waals surface area contributed by atoms with Crippen LogP contribution in [0.4, 0.5) is 0 Å². The Bertz CT molecular complexity index is 578. The molecule has 5 heteroatoms. The van der Waals surface area contributed by atoms with Gasteiger partial charge in [-0.05, 0) is 37.6 Å². The average Bonchev–Trinajstić information content (AvgIpc) is 2.76. The van der Waals surface area contributed by atoms with Crippen molar-refractivity contribution in [2.75, 3.05) is 6.61 Å². The van der Waals surface area contributed by atoms with Crippen molar-refractivity contribution < 1.29 is 14.6 Å². The summed E-state index contributed by atoms with van der Waals surface area (Å²) in [6.07, 6.45) is 0. The molecule has 2 rings (SSSR count). The van der Waals surface area contributed by atoms with E-state index >= 15 is 0 Å². The van der Waals surface area contributed by atoms with Gasteiger partial charge in [-0.25, -0.2) is 0 Å². The first-order valence-electron chi connectivity index (χ1n) is 6.63. The van der Waals surface area contributed by atoms with Crippen molar-refractivity contribution >= 4 is 0 Å². The van der Waals surface area contributed by atoms with Crippen molar-refractivity contribution in [1.82, 2.24) is 9.78 Å². The molecule has 0 saturated carbocycles. The van der Waals surface area contributed by atoms with E-state index in [1.165, 1.54) is 0 Å². The summed E-state index contributed by atoms with van der Waals surface area (Å²) in [6.45, 7) is 4.83. The van der Waals surface area contributed by atoms with Crippen LogP contribution in [-0.2, 0) is 20.3 Å². The molecule has 0 aliphatic carbocycles. The Balaban J connectivity index is 2.14. The molecule has 20 heavy (non-hydrogen) atoms. The Kier molecular flexibility index (Phi) is 4.63. The molecule has 0 amide bonds. The molecule has 0 radical (unpaired) electrons. The highest BCUT2D eigenvalue weighted by Crippen LogP contribution is 2.29. The topological polar surface area (TPSA) is 56.5 Å². The Morgan fingerprint density at radius 2 is 2.00 bits per heavy atom. The Morgan fingerprint density at radius 3 is 2.60 bits per heavy atom. The highest BCUT2D eigenvalue weighted by atomic mass is 16.5. The van der Waals surface area contributed by atoms with E-state index < -0.39 is 0 Å². The summed E-state index contributed by atoms with van der Waals surface area (Å²) in [5, 5.41) is 13.4. The van der Waals surface area contributed by atoms with Crippen LogP contribution in [0.25, 0.3) is 0 Å². The zero-order valence-electron chi connectivity index (χ0n) is 12.1. The lowest BCUT2D eigenvalue weighted by Crippen LogP contribution is -2.04. The zero-order valence-corrected chi connectivity index (χ0v) is 12.1. The molecule has 1 aromatic carbocycles. The van der Waals surface area contributed by atoms with E-state index in [1.54, 1.807) is 10.7 Å². The molecule has 1 N–H and O–H groups in total. The maximum atomic E-state index is 9.16. The van der Waals surface area contributed by atoms with Gasteiger partial charge in [0.1, 0.15) is 6.61 Å². The Labute approximate surface area is 118 Å². The smallest absolute Gasteiger partial charge is 0.161 e. The molecule has 0 spiro atoms. The Morgan fingerprint density at radius 1 is 1.20 bits per heavy atom. The largest absolute Gasteiger partial charge is 0.490 e. The normalized spacial score (nSPS) is 10.6. The molecule has 0 bridgehead atoms. The van der Waals surface area contributed by atoms with Crippen LogP contribution in [0.5, 0.6) is 11.5 Å². The van der Waals surface area contributed by atoms with Gasteiger partial charge in [0.05, 0.1) is 24.6 Å². The second-order valence-electron chi connectivity index (χ2n) is 4.56. The minimum Gasteiger partial charge on any atom is -0.490 e. The molecule has 1 aromatic heterocycles. The van der Waals surface area contributed by atoms with E-state index in [2.05, 4.69) is 5.10 Å². The lowest BCUT2D eigenvalue weighted by atomic mass is 10.2. The van der Waals surface area contributed by atoms with Gasteiger partial charge < -0.3 is 14.6 Å². The van der Waals surface area contributed by atoms with Crippen LogP contribution in [0.1, 0.15) is 23.9 Å². The minimum atomic E-state index is -0.0126. The van der Waals surface area contributed by atoms with Gasteiger partial charge in [0.15, 0.2) is 11.5 Å². The van der Waals surface area contributed by atoms with Crippen LogP contribution in [0, 0.1) is 6.92 Å². The van der Waals surface area contributed by atoms with Crippen LogP contribution in [0.3, 0.4) is 0 Å². The molecule has 1 heterocycles. The number of aliphatic hydroxyl groups is 1. The first-order chi connectivity index (χ1) is 9.63. The van der Waals surface area contributed by atoms with E-state index in [0.29, 0.717) is 24.7 Å². The fourth-order valence-electron chi connectivity index (χ4n) is 1.99. The predicted octanol–water partition coefficient (Wildman–Crippen LogP) is 2.20. The number of aromatic nitrogens is 2. The third-order valence-corrected chi connectivity index (χ3v) is 2.96. The summed E-state index contributed by atoms with van der Waals surface area (Å²) >= 11 is 0. The lowest BCUT2D eigenvalue weighted by molar-refractivity contribution is 0.259. The molecule has 0 atom stereocenters. The molecule has 0 aliphatic rings. The second-order valence-corrected chi connectivity index (χ2v) is 4.56. The van der Waals surface area contributed by atoms with Crippen molar-refractivity contribution in [2.24, 2.45) is 7.05 Å². The van der Waals surface area contributed by atoms with Gasteiger partial charge in [-0.2, -0.15) is 5.10 Å². The van der Waals surface area contributed by atoms with Gasteiger partial charge in [-0.1, -0.05) is 6.07 Å². The van der Waals surface area contributed by atoms with Gasteiger partial charge in [0, 0.05) is 7.05 Å². The SMILES string of the molecule is CCOc1cc(CO)ccc1OCc1cc(C)nn1C. The first-order valence-corrected chi connectivity index (χ1v) is 6.63. The molecule has 0 aliphatic heterocycles. The van der Waals surface area contributed by atoms with Crippen molar-refractivity contribution in [3.63, 3.8) is 0 Å². The predicted molar refractivity (Wildman–Crippen MR) is 75.8 cm³/mol. The summed E-state index contributed by atoms with van der Waals surface area (Å²) < 4.78 is 13.2. The maximum Gasteiger partial charge on any atom is 0.161 e. The van der Waals surface area contributed by atoms with Crippen LogP contribution in [0.15, 0.2) is 24.3 Å². The standard InChI is InChI=1S/C15H20N2O3/c1-4-19-15-8-12(9-18)5-6-14(15)20-10-13-7-11(2)16-17(13)3/h5-8,18H,4,9-10H2,1-3H3. The number of aryl methyl sites for hydroxylation is 2. The summed E-state index contributed by atoms with van der Waals surface area (Å²) in [6, 6.07) is 7.43.